The Bertz CT molecular complexity index is 1040. The van der Waals surface area contributed by atoms with Crippen LogP contribution in [-0.2, 0) is 20.8 Å². The fourth-order valence-corrected chi connectivity index (χ4v) is 5.95. The number of hydrogen-bond donors (Lipinski definition) is 2. The van der Waals surface area contributed by atoms with E-state index in [-0.39, 0.29) is 23.6 Å². The molecular formula is C29H40N4O3. The third-order valence-electron chi connectivity index (χ3n) is 7.98. The van der Waals surface area contributed by atoms with Crippen molar-refractivity contribution in [2.45, 2.75) is 64.0 Å². The summed E-state index contributed by atoms with van der Waals surface area (Å²) in [6.07, 6.45) is 11.0. The lowest BCUT2D eigenvalue weighted by atomic mass is 9.67. The average Bonchev–Trinajstić information content (AvgIpc) is 3.11. The summed E-state index contributed by atoms with van der Waals surface area (Å²) in [5.74, 6) is -0.236. The molecule has 3 atom stereocenters. The van der Waals surface area contributed by atoms with Crippen molar-refractivity contribution < 1.29 is 14.4 Å². The maximum absolute atomic E-state index is 13.9. The van der Waals surface area contributed by atoms with Gasteiger partial charge in [0.1, 0.15) is 6.04 Å². The molecule has 0 saturated carbocycles. The highest BCUT2D eigenvalue weighted by Gasteiger charge is 2.56. The van der Waals surface area contributed by atoms with E-state index in [0.29, 0.717) is 32.5 Å². The summed E-state index contributed by atoms with van der Waals surface area (Å²) >= 11 is 0. The lowest BCUT2D eigenvalue weighted by Gasteiger charge is -2.44. The first-order valence-electron chi connectivity index (χ1n) is 13.2. The second kappa shape index (κ2) is 10.6. The Morgan fingerprint density at radius 1 is 1.25 bits per heavy atom. The monoisotopic (exact) mass is 492 g/mol. The maximum atomic E-state index is 13.9. The number of carbonyl (C=O) groups is 3. The van der Waals surface area contributed by atoms with Gasteiger partial charge < -0.3 is 20.9 Å². The zero-order chi connectivity index (χ0) is 25.9. The van der Waals surface area contributed by atoms with Gasteiger partial charge in [-0.25, -0.2) is 0 Å². The van der Waals surface area contributed by atoms with Crippen LogP contribution < -0.4 is 11.1 Å². The molecule has 3 aliphatic rings. The highest BCUT2D eigenvalue weighted by atomic mass is 16.2. The van der Waals surface area contributed by atoms with Gasteiger partial charge in [0.05, 0.1) is 11.0 Å². The SMILES string of the molecule is CN1CC(C2=CC=CCC2)C2(CCCN(C(=O)[C@@H](CCc3ccccc3)NC(=O)C(C)(C)N)C2)C1=O. The van der Waals surface area contributed by atoms with Crippen molar-refractivity contribution in [2.24, 2.45) is 17.1 Å². The van der Waals surface area contributed by atoms with E-state index in [1.807, 2.05) is 47.2 Å². The van der Waals surface area contributed by atoms with Crippen LogP contribution in [0.1, 0.15) is 51.5 Å². The predicted molar refractivity (Wildman–Crippen MR) is 141 cm³/mol. The summed E-state index contributed by atoms with van der Waals surface area (Å²) in [4.78, 5) is 43.9. The fourth-order valence-electron chi connectivity index (χ4n) is 5.95. The van der Waals surface area contributed by atoms with Crippen molar-refractivity contribution in [3.8, 4) is 0 Å². The largest absolute Gasteiger partial charge is 0.345 e. The molecule has 2 aliphatic heterocycles. The summed E-state index contributed by atoms with van der Waals surface area (Å²) in [5, 5.41) is 2.93. The molecule has 0 bridgehead atoms. The number of piperidine rings is 1. The number of benzene rings is 1. The topological polar surface area (TPSA) is 95.7 Å². The van der Waals surface area contributed by atoms with Gasteiger partial charge in [0, 0.05) is 32.6 Å². The third kappa shape index (κ3) is 5.41. The van der Waals surface area contributed by atoms with Crippen molar-refractivity contribution in [1.29, 1.82) is 0 Å². The number of hydrogen-bond acceptors (Lipinski definition) is 4. The molecule has 1 spiro atoms. The van der Waals surface area contributed by atoms with Crippen LogP contribution in [0.15, 0.2) is 54.1 Å². The van der Waals surface area contributed by atoms with E-state index in [1.54, 1.807) is 13.8 Å². The van der Waals surface area contributed by atoms with Crippen LogP contribution in [0.2, 0.25) is 0 Å². The summed E-state index contributed by atoms with van der Waals surface area (Å²) in [6.45, 7) is 4.95. The Hall–Kier alpha value is -2.93. The van der Waals surface area contributed by atoms with Crippen LogP contribution in [0, 0.1) is 11.3 Å². The van der Waals surface area contributed by atoms with E-state index in [1.165, 1.54) is 5.57 Å². The van der Waals surface area contributed by atoms with Gasteiger partial charge in [0.25, 0.3) is 0 Å². The minimum Gasteiger partial charge on any atom is -0.345 e. The van der Waals surface area contributed by atoms with Gasteiger partial charge in [-0.2, -0.15) is 0 Å². The number of nitrogens with zero attached hydrogens (tertiary/aromatic N) is 2. The molecule has 1 aliphatic carbocycles. The Morgan fingerprint density at radius 2 is 2.00 bits per heavy atom. The number of nitrogens with two attached hydrogens (primary N) is 1. The molecule has 7 nitrogen and oxygen atoms in total. The second-order valence-electron chi connectivity index (χ2n) is 11.2. The van der Waals surface area contributed by atoms with E-state index in [4.69, 9.17) is 5.73 Å². The summed E-state index contributed by atoms with van der Waals surface area (Å²) in [7, 11) is 1.87. The van der Waals surface area contributed by atoms with Gasteiger partial charge in [-0.05, 0) is 57.9 Å². The Balaban J connectivity index is 1.57. The molecular weight excluding hydrogens is 452 g/mol. The molecule has 36 heavy (non-hydrogen) atoms. The molecule has 0 radical (unpaired) electrons. The first-order valence-corrected chi connectivity index (χ1v) is 13.2. The van der Waals surface area contributed by atoms with E-state index in [2.05, 4.69) is 23.5 Å². The molecule has 2 saturated heterocycles. The highest BCUT2D eigenvalue weighted by molar-refractivity contribution is 5.92. The molecule has 7 heteroatoms. The van der Waals surface area contributed by atoms with Gasteiger partial charge in [-0.1, -0.05) is 54.1 Å². The number of nitrogens with one attached hydrogen (secondary N) is 1. The van der Waals surface area contributed by atoms with Crippen molar-refractivity contribution in [1.82, 2.24) is 15.1 Å². The van der Waals surface area contributed by atoms with Crippen molar-refractivity contribution in [3.63, 3.8) is 0 Å². The number of carbonyl (C=O) groups excluding carboxylic acids is 3. The third-order valence-corrected chi connectivity index (χ3v) is 7.98. The summed E-state index contributed by atoms with van der Waals surface area (Å²) in [5.41, 5.74) is 6.77. The summed E-state index contributed by atoms with van der Waals surface area (Å²) in [6, 6.07) is 9.26. The molecule has 4 rings (SSSR count). The Kier molecular flexibility index (Phi) is 7.69. The molecule has 1 aromatic rings. The average molecular weight is 493 g/mol. The zero-order valence-electron chi connectivity index (χ0n) is 21.8. The normalized spacial score (nSPS) is 25.2. The second-order valence-corrected chi connectivity index (χ2v) is 11.2. The van der Waals surface area contributed by atoms with E-state index >= 15 is 0 Å². The first kappa shape index (κ1) is 26.1. The van der Waals surface area contributed by atoms with Gasteiger partial charge in [0.2, 0.25) is 17.7 Å². The lowest BCUT2D eigenvalue weighted by Crippen LogP contribution is -2.59. The van der Waals surface area contributed by atoms with Gasteiger partial charge in [-0.15, -0.1) is 0 Å². The molecule has 1 aromatic carbocycles. The lowest BCUT2D eigenvalue weighted by molar-refractivity contribution is -0.146. The van der Waals surface area contributed by atoms with Crippen molar-refractivity contribution >= 4 is 17.7 Å². The van der Waals surface area contributed by atoms with Crippen LogP contribution in [0.25, 0.3) is 0 Å². The number of likely N-dealkylation sites (tertiary alicyclic amines) is 2. The van der Waals surface area contributed by atoms with E-state index < -0.39 is 17.0 Å². The quantitative estimate of drug-likeness (QED) is 0.612. The number of rotatable bonds is 7. The van der Waals surface area contributed by atoms with Crippen LogP contribution in [0.5, 0.6) is 0 Å². The van der Waals surface area contributed by atoms with Crippen LogP contribution in [-0.4, -0.2) is 65.8 Å². The summed E-state index contributed by atoms with van der Waals surface area (Å²) < 4.78 is 0. The highest BCUT2D eigenvalue weighted by Crippen LogP contribution is 2.48. The zero-order valence-corrected chi connectivity index (χ0v) is 21.8. The molecule has 3 amide bonds. The Morgan fingerprint density at radius 3 is 2.67 bits per heavy atom. The minimum atomic E-state index is -1.09. The fraction of sp³-hybridized carbons (Fsp3) is 0.552. The maximum Gasteiger partial charge on any atom is 0.245 e. The van der Waals surface area contributed by atoms with E-state index in [0.717, 1.165) is 31.2 Å². The van der Waals surface area contributed by atoms with Crippen molar-refractivity contribution in [3.05, 3.63) is 59.7 Å². The van der Waals surface area contributed by atoms with E-state index in [9.17, 15) is 14.4 Å². The van der Waals surface area contributed by atoms with Gasteiger partial charge >= 0.3 is 0 Å². The first-order chi connectivity index (χ1) is 17.1. The van der Waals surface area contributed by atoms with Gasteiger partial charge in [0.15, 0.2) is 0 Å². The number of aryl methyl sites for hydroxylation is 1. The van der Waals surface area contributed by atoms with Crippen LogP contribution >= 0.6 is 0 Å². The molecule has 2 unspecified atom stereocenters. The standard InChI is InChI=1S/C29H40N4O3/c1-28(2,30)26(35)31-24(16-15-21-11-6-4-7-12-21)25(34)33-18-10-17-29(20-33)23(19-32(3)27(29)36)22-13-8-5-9-14-22/h4-8,11-13,23-24H,9-10,14-20,30H2,1-3H3,(H,31,35)/t23?,24-,29?/m1/s1. The van der Waals surface area contributed by atoms with Gasteiger partial charge in [-0.3, -0.25) is 14.4 Å². The molecule has 2 heterocycles. The van der Waals surface area contributed by atoms with Crippen LogP contribution in [0.4, 0.5) is 0 Å². The smallest absolute Gasteiger partial charge is 0.245 e. The molecule has 194 valence electrons. The molecule has 2 fully saturated rings. The van der Waals surface area contributed by atoms with Crippen molar-refractivity contribution in [2.75, 3.05) is 26.7 Å². The van der Waals surface area contributed by atoms with Crippen LogP contribution in [0.3, 0.4) is 0 Å². The predicted octanol–water partition coefficient (Wildman–Crippen LogP) is 2.81. The molecule has 0 aromatic heterocycles. The number of amides is 3. The number of allylic oxidation sites excluding steroid dienone is 3. The Labute approximate surface area is 214 Å². The minimum absolute atomic E-state index is 0.107. The molecule has 3 N–H and O–H groups in total.